The van der Waals surface area contributed by atoms with Gasteiger partial charge in [-0.3, -0.25) is 4.79 Å². The zero-order chi connectivity index (χ0) is 27.1. The maximum Gasteiger partial charge on any atom is 0.244 e. The molecule has 1 amide bonds. The van der Waals surface area contributed by atoms with E-state index in [0.717, 1.165) is 50.7 Å². The van der Waals surface area contributed by atoms with Crippen LogP contribution in [0.1, 0.15) is 12.7 Å². The summed E-state index contributed by atoms with van der Waals surface area (Å²) in [6.07, 6.45) is 0. The molecule has 6 nitrogen and oxygen atoms in total. The first-order valence-electron chi connectivity index (χ1n) is 13.5. The Kier molecular flexibility index (Phi) is 5.93. The Morgan fingerprint density at radius 3 is 2.38 bits per heavy atom. The molecule has 0 aliphatic rings. The molecule has 2 heterocycles. The van der Waals surface area contributed by atoms with Gasteiger partial charge in [-0.1, -0.05) is 60.7 Å². The number of aromatic nitrogens is 3. The molecule has 6 heteroatoms. The second-order valence-electron chi connectivity index (χ2n) is 9.94. The molecule has 0 saturated heterocycles. The molecule has 1 N–H and O–H groups in total. The summed E-state index contributed by atoms with van der Waals surface area (Å²) >= 11 is 0. The van der Waals surface area contributed by atoms with Gasteiger partial charge in [0, 0.05) is 34.0 Å². The summed E-state index contributed by atoms with van der Waals surface area (Å²) in [5.41, 5.74) is 4.87. The fourth-order valence-corrected chi connectivity index (χ4v) is 5.63. The quantitative estimate of drug-likeness (QED) is 0.234. The lowest BCUT2D eigenvalue weighted by Crippen LogP contribution is -2.20. The molecule has 0 aliphatic heterocycles. The number of fused-ring (bicyclic) bond motifs is 5. The van der Waals surface area contributed by atoms with E-state index in [4.69, 9.17) is 9.72 Å². The Hall–Kier alpha value is -5.10. The van der Waals surface area contributed by atoms with Crippen LogP contribution in [0.4, 0.5) is 5.69 Å². The van der Waals surface area contributed by atoms with E-state index in [2.05, 4.69) is 71.4 Å². The highest BCUT2D eigenvalue weighted by atomic mass is 16.5. The van der Waals surface area contributed by atoms with Crippen molar-refractivity contribution < 1.29 is 9.53 Å². The number of hydrogen-bond acceptors (Lipinski definition) is 3. The van der Waals surface area contributed by atoms with Gasteiger partial charge in [-0.2, -0.15) is 0 Å². The molecule has 0 aliphatic carbocycles. The highest BCUT2D eigenvalue weighted by molar-refractivity contribution is 6.09. The summed E-state index contributed by atoms with van der Waals surface area (Å²) in [5, 5.41) is 7.71. The summed E-state index contributed by atoms with van der Waals surface area (Å²) in [5.74, 6) is 1.35. The van der Waals surface area contributed by atoms with Crippen LogP contribution in [0.2, 0.25) is 0 Å². The van der Waals surface area contributed by atoms with Crippen LogP contribution < -0.4 is 10.1 Å². The van der Waals surface area contributed by atoms with E-state index in [0.29, 0.717) is 5.82 Å². The van der Waals surface area contributed by atoms with Crippen LogP contribution in [0.25, 0.3) is 43.6 Å². The Bertz CT molecular complexity index is 2040. The molecule has 0 radical (unpaired) electrons. The predicted molar refractivity (Wildman–Crippen MR) is 162 cm³/mol. The van der Waals surface area contributed by atoms with Gasteiger partial charge in [0.15, 0.2) is 0 Å². The van der Waals surface area contributed by atoms with Crippen LogP contribution >= 0.6 is 0 Å². The van der Waals surface area contributed by atoms with E-state index in [9.17, 15) is 4.79 Å². The number of anilines is 1. The molecule has 7 aromatic rings. The van der Waals surface area contributed by atoms with E-state index in [-0.39, 0.29) is 19.1 Å². The number of hydrogen-bond donors (Lipinski definition) is 1. The largest absolute Gasteiger partial charge is 0.486 e. The third kappa shape index (κ3) is 4.24. The number of nitrogens with one attached hydrogen (secondary N) is 1. The molecule has 7 rings (SSSR count). The SMILES string of the molecule is CCn1c2ccccc2c2cc(NC(=O)Cn3c(COc4ccc5ccccc5c4)nc4ccccc43)ccc21. The molecule has 0 atom stereocenters. The fraction of sp³-hybridized carbons (Fsp3) is 0.118. The minimum atomic E-state index is -0.117. The van der Waals surface area contributed by atoms with Gasteiger partial charge in [-0.15, -0.1) is 0 Å². The van der Waals surface area contributed by atoms with Gasteiger partial charge >= 0.3 is 0 Å². The summed E-state index contributed by atoms with van der Waals surface area (Å²) in [4.78, 5) is 18.1. The van der Waals surface area contributed by atoms with Crippen LogP contribution in [0.3, 0.4) is 0 Å². The summed E-state index contributed by atoms with van der Waals surface area (Å²) in [6, 6.07) is 36.6. The summed E-state index contributed by atoms with van der Waals surface area (Å²) in [6.45, 7) is 3.42. The molecular formula is C34H28N4O2. The maximum absolute atomic E-state index is 13.4. The lowest BCUT2D eigenvalue weighted by Gasteiger charge is -2.12. The standard InChI is InChI=1S/C34H28N4O2/c1-2-37-30-13-7-5-11-27(30)28-20-25(16-18-31(28)37)35-34(39)21-38-32-14-8-6-12-29(32)36-33(38)22-40-26-17-15-23-9-3-4-10-24(23)19-26/h3-20H,2,21-22H2,1H3,(H,35,39). The first-order valence-corrected chi connectivity index (χ1v) is 13.5. The topological polar surface area (TPSA) is 61.1 Å². The Morgan fingerprint density at radius 1 is 0.750 bits per heavy atom. The third-order valence-electron chi connectivity index (χ3n) is 7.50. The number of carbonyl (C=O) groups excluding carboxylic acids is 1. The number of aryl methyl sites for hydroxylation is 1. The van der Waals surface area contributed by atoms with Gasteiger partial charge in [-0.05, 0) is 66.2 Å². The van der Waals surface area contributed by atoms with Gasteiger partial charge in [0.2, 0.25) is 5.91 Å². The molecule has 0 spiro atoms. The smallest absolute Gasteiger partial charge is 0.244 e. The number of para-hydroxylation sites is 3. The number of rotatable bonds is 7. The fourth-order valence-electron chi connectivity index (χ4n) is 5.63. The lowest BCUT2D eigenvalue weighted by molar-refractivity contribution is -0.116. The Labute approximate surface area is 231 Å². The monoisotopic (exact) mass is 524 g/mol. The van der Waals surface area contributed by atoms with Crippen molar-refractivity contribution in [1.82, 2.24) is 14.1 Å². The van der Waals surface area contributed by atoms with Crippen molar-refractivity contribution in [2.75, 3.05) is 5.32 Å². The van der Waals surface area contributed by atoms with Crippen molar-refractivity contribution >= 4 is 55.2 Å². The molecule has 0 unspecified atom stereocenters. The number of imidazole rings is 1. The minimum Gasteiger partial charge on any atom is -0.486 e. The van der Waals surface area contributed by atoms with E-state index in [1.807, 2.05) is 59.2 Å². The van der Waals surface area contributed by atoms with Crippen molar-refractivity contribution in [1.29, 1.82) is 0 Å². The van der Waals surface area contributed by atoms with Crippen molar-refractivity contribution in [3.05, 3.63) is 115 Å². The molecule has 0 fully saturated rings. The van der Waals surface area contributed by atoms with Crippen LogP contribution in [0.15, 0.2) is 109 Å². The second kappa shape index (κ2) is 9.89. The summed E-state index contributed by atoms with van der Waals surface area (Å²) in [7, 11) is 0. The first-order chi connectivity index (χ1) is 19.7. The van der Waals surface area contributed by atoms with Crippen LogP contribution in [0.5, 0.6) is 5.75 Å². The Balaban J connectivity index is 1.15. The number of nitrogens with zero attached hydrogens (tertiary/aromatic N) is 3. The normalized spacial score (nSPS) is 11.5. The maximum atomic E-state index is 13.4. The Morgan fingerprint density at radius 2 is 1.50 bits per heavy atom. The number of benzene rings is 5. The lowest BCUT2D eigenvalue weighted by atomic mass is 10.1. The minimum absolute atomic E-state index is 0.117. The van der Waals surface area contributed by atoms with Crippen molar-refractivity contribution in [2.24, 2.45) is 0 Å². The zero-order valence-corrected chi connectivity index (χ0v) is 22.2. The molecule has 5 aromatic carbocycles. The predicted octanol–water partition coefficient (Wildman–Crippen LogP) is 7.54. The summed E-state index contributed by atoms with van der Waals surface area (Å²) < 4.78 is 10.4. The van der Waals surface area contributed by atoms with Gasteiger partial charge in [0.05, 0.1) is 11.0 Å². The highest BCUT2D eigenvalue weighted by Crippen LogP contribution is 2.31. The number of amides is 1. The molecule has 0 saturated carbocycles. The third-order valence-corrected chi connectivity index (χ3v) is 7.50. The van der Waals surface area contributed by atoms with Crippen molar-refractivity contribution in [3.8, 4) is 5.75 Å². The van der Waals surface area contributed by atoms with Crippen LogP contribution in [-0.4, -0.2) is 20.0 Å². The van der Waals surface area contributed by atoms with Crippen LogP contribution in [0, 0.1) is 0 Å². The highest BCUT2D eigenvalue weighted by Gasteiger charge is 2.16. The second-order valence-corrected chi connectivity index (χ2v) is 9.94. The number of carbonyl (C=O) groups is 1. The van der Waals surface area contributed by atoms with E-state index in [1.54, 1.807) is 0 Å². The molecule has 2 aromatic heterocycles. The first kappa shape index (κ1) is 24.0. The van der Waals surface area contributed by atoms with E-state index < -0.39 is 0 Å². The molecule has 196 valence electrons. The average molecular weight is 525 g/mol. The van der Waals surface area contributed by atoms with E-state index in [1.165, 1.54) is 10.9 Å². The molecular weight excluding hydrogens is 496 g/mol. The van der Waals surface area contributed by atoms with Gasteiger partial charge in [0.1, 0.15) is 24.7 Å². The zero-order valence-electron chi connectivity index (χ0n) is 22.2. The number of ether oxygens (including phenoxy) is 1. The average Bonchev–Trinajstić information content (AvgIpc) is 3.50. The van der Waals surface area contributed by atoms with Gasteiger partial charge in [-0.25, -0.2) is 4.98 Å². The van der Waals surface area contributed by atoms with Crippen molar-refractivity contribution in [2.45, 2.75) is 26.6 Å². The molecule has 40 heavy (non-hydrogen) atoms. The van der Waals surface area contributed by atoms with Crippen molar-refractivity contribution in [3.63, 3.8) is 0 Å². The van der Waals surface area contributed by atoms with E-state index >= 15 is 0 Å². The van der Waals surface area contributed by atoms with Gasteiger partial charge in [0.25, 0.3) is 0 Å². The van der Waals surface area contributed by atoms with Gasteiger partial charge < -0.3 is 19.2 Å². The van der Waals surface area contributed by atoms with Crippen LogP contribution in [-0.2, 0) is 24.5 Å². The molecule has 0 bridgehead atoms.